The summed E-state index contributed by atoms with van der Waals surface area (Å²) in [7, 11) is 0. The molecule has 0 aliphatic heterocycles. The van der Waals surface area contributed by atoms with Gasteiger partial charge < -0.3 is 15.2 Å². The lowest BCUT2D eigenvalue weighted by Crippen LogP contribution is -2.21. The fraction of sp³-hybridized carbons (Fsp3) is 0.333. The number of halogens is 4. The Morgan fingerprint density at radius 1 is 1.38 bits per heavy atom. The number of rotatable bonds is 6. The van der Waals surface area contributed by atoms with Crippen LogP contribution in [-0.4, -0.2) is 23.1 Å². The molecule has 0 bridgehead atoms. The smallest absolute Gasteiger partial charge is 0.419 e. The number of anilines is 1. The minimum absolute atomic E-state index is 0.439. The van der Waals surface area contributed by atoms with Crippen molar-refractivity contribution >= 4 is 17.6 Å². The van der Waals surface area contributed by atoms with Gasteiger partial charge in [0, 0.05) is 6.20 Å². The van der Waals surface area contributed by atoms with Gasteiger partial charge in [-0.1, -0.05) is 13.0 Å². The Morgan fingerprint density at radius 2 is 2.00 bits per heavy atom. The van der Waals surface area contributed by atoms with Gasteiger partial charge in [-0.3, -0.25) is 0 Å². The number of aliphatic carboxylic acids is 1. The van der Waals surface area contributed by atoms with Gasteiger partial charge in [0.15, 0.2) is 11.4 Å². The Balaban J connectivity index is 3.08. The minimum atomic E-state index is -4.91. The molecular formula is C15H15F4NO4. The first kappa shape index (κ1) is 19.5. The molecular weight excluding hydrogens is 334 g/mol. The van der Waals surface area contributed by atoms with Crippen molar-refractivity contribution in [2.45, 2.75) is 32.5 Å². The molecule has 2 N–H and O–H groups in total. The molecule has 0 amide bonds. The largest absolute Gasteiger partial charge is 0.477 e. The normalized spacial score (nSPS) is 13.3. The maximum Gasteiger partial charge on any atom is 0.419 e. The average molecular weight is 349 g/mol. The lowest BCUT2D eigenvalue weighted by Gasteiger charge is -2.13. The quantitative estimate of drug-likeness (QED) is 0.270. The second-order valence-corrected chi connectivity index (χ2v) is 4.80. The summed E-state index contributed by atoms with van der Waals surface area (Å²) in [6, 6.07) is 2.46. The first-order valence-corrected chi connectivity index (χ1v) is 6.84. The van der Waals surface area contributed by atoms with Crippen LogP contribution in [-0.2, 0) is 20.5 Å². The Morgan fingerprint density at radius 3 is 2.50 bits per heavy atom. The van der Waals surface area contributed by atoms with Gasteiger partial charge in [-0.2, -0.15) is 13.2 Å². The molecule has 1 atom stereocenters. The van der Waals surface area contributed by atoms with Gasteiger partial charge in [-0.15, -0.1) is 0 Å². The van der Waals surface area contributed by atoms with Crippen LogP contribution in [0.4, 0.5) is 23.2 Å². The standard InChI is InChI=1S/C15H15F4NO4/c1-3-8(2)24-14(23)9(13(21)22)7-20-11-6-4-5-10(12(11)16)15(17,18)19/h4-8,20H,3H2,1-2H3,(H,21,22). The molecule has 0 spiro atoms. The first-order chi connectivity index (χ1) is 11.1. The van der Waals surface area contributed by atoms with Crippen LogP contribution in [0.15, 0.2) is 30.0 Å². The van der Waals surface area contributed by atoms with Crippen molar-refractivity contribution in [1.82, 2.24) is 0 Å². The third kappa shape index (κ3) is 4.97. The molecule has 0 aromatic heterocycles. The Bertz CT molecular complexity index is 655. The summed E-state index contributed by atoms with van der Waals surface area (Å²) in [6.45, 7) is 3.25. The van der Waals surface area contributed by atoms with E-state index < -0.39 is 46.9 Å². The number of carbonyl (C=O) groups excluding carboxylic acids is 1. The van der Waals surface area contributed by atoms with Crippen LogP contribution in [0.2, 0.25) is 0 Å². The van der Waals surface area contributed by atoms with Crippen LogP contribution >= 0.6 is 0 Å². The van der Waals surface area contributed by atoms with Crippen molar-refractivity contribution in [2.75, 3.05) is 5.32 Å². The third-order valence-corrected chi connectivity index (χ3v) is 3.01. The minimum Gasteiger partial charge on any atom is -0.477 e. The fourth-order valence-electron chi connectivity index (χ4n) is 1.55. The van der Waals surface area contributed by atoms with Crippen LogP contribution in [0.5, 0.6) is 0 Å². The number of carbonyl (C=O) groups is 2. The van der Waals surface area contributed by atoms with Gasteiger partial charge in [0.2, 0.25) is 0 Å². The van der Waals surface area contributed by atoms with Gasteiger partial charge in [0.1, 0.15) is 0 Å². The summed E-state index contributed by atoms with van der Waals surface area (Å²) in [4.78, 5) is 22.8. The maximum absolute atomic E-state index is 13.8. The van der Waals surface area contributed by atoms with E-state index in [2.05, 4.69) is 5.32 Å². The van der Waals surface area contributed by atoms with Gasteiger partial charge >= 0.3 is 18.1 Å². The van der Waals surface area contributed by atoms with Crippen molar-refractivity contribution in [3.05, 3.63) is 41.4 Å². The number of nitrogens with one attached hydrogen (secondary N) is 1. The summed E-state index contributed by atoms with van der Waals surface area (Å²) in [5.74, 6) is -4.46. The van der Waals surface area contributed by atoms with Crippen molar-refractivity contribution in [3.63, 3.8) is 0 Å². The molecule has 5 nitrogen and oxygen atoms in total. The molecule has 1 rings (SSSR count). The van der Waals surface area contributed by atoms with E-state index in [1.165, 1.54) is 6.92 Å². The van der Waals surface area contributed by atoms with E-state index in [0.29, 0.717) is 18.7 Å². The number of benzene rings is 1. The molecule has 0 aliphatic rings. The third-order valence-electron chi connectivity index (χ3n) is 3.01. The Hall–Kier alpha value is -2.58. The van der Waals surface area contributed by atoms with Gasteiger partial charge in [-0.25, -0.2) is 14.0 Å². The molecule has 0 saturated heterocycles. The van der Waals surface area contributed by atoms with Crippen molar-refractivity contribution in [3.8, 4) is 0 Å². The zero-order chi connectivity index (χ0) is 18.5. The number of hydrogen-bond acceptors (Lipinski definition) is 4. The first-order valence-electron chi connectivity index (χ1n) is 6.84. The molecule has 0 radical (unpaired) electrons. The van der Waals surface area contributed by atoms with Gasteiger partial charge in [0.25, 0.3) is 0 Å². The van der Waals surface area contributed by atoms with E-state index >= 15 is 0 Å². The lowest BCUT2D eigenvalue weighted by molar-refractivity contribution is -0.147. The second-order valence-electron chi connectivity index (χ2n) is 4.80. The van der Waals surface area contributed by atoms with Gasteiger partial charge in [-0.05, 0) is 25.5 Å². The molecule has 1 aromatic carbocycles. The highest BCUT2D eigenvalue weighted by Crippen LogP contribution is 2.33. The fourth-order valence-corrected chi connectivity index (χ4v) is 1.55. The highest BCUT2D eigenvalue weighted by Gasteiger charge is 2.34. The summed E-state index contributed by atoms with van der Waals surface area (Å²) in [5, 5.41) is 11.0. The van der Waals surface area contributed by atoms with E-state index in [4.69, 9.17) is 9.84 Å². The monoisotopic (exact) mass is 349 g/mol. The molecule has 132 valence electrons. The summed E-state index contributed by atoms with van der Waals surface area (Å²) >= 11 is 0. The predicted molar refractivity (Wildman–Crippen MR) is 76.6 cm³/mol. The average Bonchev–Trinajstić information content (AvgIpc) is 2.47. The van der Waals surface area contributed by atoms with Crippen LogP contribution in [0.25, 0.3) is 0 Å². The predicted octanol–water partition coefficient (Wildman–Crippen LogP) is 3.57. The Kier molecular flexibility index (Phi) is 6.33. The number of esters is 1. The highest BCUT2D eigenvalue weighted by molar-refractivity contribution is 6.13. The van der Waals surface area contributed by atoms with Crippen LogP contribution in [0.3, 0.4) is 0 Å². The molecule has 1 aromatic rings. The zero-order valence-corrected chi connectivity index (χ0v) is 12.8. The maximum atomic E-state index is 13.8. The number of ether oxygens (including phenoxy) is 1. The molecule has 24 heavy (non-hydrogen) atoms. The summed E-state index contributed by atoms with van der Waals surface area (Å²) in [5.41, 5.74) is -3.01. The van der Waals surface area contributed by atoms with Crippen molar-refractivity contribution < 1.29 is 37.0 Å². The van der Waals surface area contributed by atoms with E-state index in [1.807, 2.05) is 0 Å². The van der Waals surface area contributed by atoms with Crippen molar-refractivity contribution in [2.24, 2.45) is 0 Å². The van der Waals surface area contributed by atoms with E-state index in [1.54, 1.807) is 6.92 Å². The summed E-state index contributed by atoms with van der Waals surface area (Å²) in [6.07, 6.45) is -4.43. The SMILES string of the molecule is CCC(C)OC(=O)C(=CNc1cccc(C(F)(F)F)c1F)C(=O)O. The highest BCUT2D eigenvalue weighted by atomic mass is 19.4. The van der Waals surface area contributed by atoms with E-state index in [0.717, 1.165) is 12.1 Å². The number of alkyl halides is 3. The molecule has 0 heterocycles. The molecule has 0 saturated carbocycles. The van der Waals surface area contributed by atoms with Crippen LogP contribution < -0.4 is 5.32 Å². The number of carboxylic acid groups (broad SMARTS) is 1. The Labute approximate surface area is 134 Å². The molecule has 1 unspecified atom stereocenters. The van der Waals surface area contributed by atoms with Crippen molar-refractivity contribution in [1.29, 1.82) is 0 Å². The summed E-state index contributed by atoms with van der Waals surface area (Å²) < 4.78 is 56.5. The topological polar surface area (TPSA) is 75.6 Å². The lowest BCUT2D eigenvalue weighted by atomic mass is 10.1. The molecule has 0 aliphatic carbocycles. The van der Waals surface area contributed by atoms with E-state index in [9.17, 15) is 27.2 Å². The van der Waals surface area contributed by atoms with Gasteiger partial charge in [0.05, 0.1) is 17.4 Å². The van der Waals surface area contributed by atoms with Crippen LogP contribution in [0, 0.1) is 5.82 Å². The zero-order valence-electron chi connectivity index (χ0n) is 12.8. The van der Waals surface area contributed by atoms with Crippen LogP contribution in [0.1, 0.15) is 25.8 Å². The molecule has 9 heteroatoms. The number of carboxylic acids is 1. The molecule has 0 fully saturated rings. The van der Waals surface area contributed by atoms with E-state index in [-0.39, 0.29) is 0 Å². The number of hydrogen-bond donors (Lipinski definition) is 2. The second kappa shape index (κ2) is 7.80.